The first-order valence-corrected chi connectivity index (χ1v) is 9.90. The van der Waals surface area contributed by atoms with Gasteiger partial charge in [-0.3, -0.25) is 9.69 Å². The zero-order chi connectivity index (χ0) is 20.5. The average Bonchev–Trinajstić information content (AvgIpc) is 3.13. The van der Waals surface area contributed by atoms with Gasteiger partial charge in [0.1, 0.15) is 5.54 Å². The fraction of sp³-hybridized carbons (Fsp3) is 0.409. The molecule has 9 heteroatoms. The number of fused-ring (bicyclic) bond motifs is 1. The third kappa shape index (κ3) is 5.00. The van der Waals surface area contributed by atoms with Crippen molar-refractivity contribution in [3.8, 4) is 0 Å². The lowest BCUT2D eigenvalue weighted by molar-refractivity contribution is -0.137. The van der Waals surface area contributed by atoms with E-state index >= 15 is 0 Å². The Morgan fingerprint density at radius 3 is 2.48 bits per heavy atom. The van der Waals surface area contributed by atoms with Gasteiger partial charge in [0.25, 0.3) is 0 Å². The summed E-state index contributed by atoms with van der Waals surface area (Å²) < 4.78 is 38.9. The summed E-state index contributed by atoms with van der Waals surface area (Å²) in [7, 11) is 0. The summed E-state index contributed by atoms with van der Waals surface area (Å²) >= 11 is 0. The third-order valence-electron chi connectivity index (χ3n) is 5.96. The van der Waals surface area contributed by atoms with Crippen LogP contribution >= 0.6 is 24.8 Å². The molecule has 1 aliphatic heterocycles. The number of hydrogen-bond donors (Lipinski definition) is 2. The van der Waals surface area contributed by atoms with Crippen molar-refractivity contribution >= 4 is 30.7 Å². The first-order chi connectivity index (χ1) is 13.9. The van der Waals surface area contributed by atoms with E-state index in [9.17, 15) is 18.0 Å². The first kappa shape index (κ1) is 25.5. The Bertz CT molecular complexity index is 904. The number of piperazine rings is 1. The van der Waals surface area contributed by atoms with Crippen LogP contribution in [0.4, 0.5) is 13.2 Å². The highest BCUT2D eigenvalue weighted by molar-refractivity contribution is 5.89. The molecule has 0 bridgehead atoms. The summed E-state index contributed by atoms with van der Waals surface area (Å²) in [4.78, 5) is 15.7. The largest absolute Gasteiger partial charge is 0.416 e. The summed E-state index contributed by atoms with van der Waals surface area (Å²) in [6, 6.07) is 13.1. The molecular formula is C22H26Cl2F3N3O. The second-order valence-corrected chi connectivity index (χ2v) is 7.64. The van der Waals surface area contributed by atoms with Crippen LogP contribution in [-0.2, 0) is 29.5 Å². The number of hydrogen-bond acceptors (Lipinski definition) is 3. The Hall–Kier alpha value is -1.80. The van der Waals surface area contributed by atoms with Gasteiger partial charge in [-0.1, -0.05) is 36.4 Å². The van der Waals surface area contributed by atoms with E-state index in [0.29, 0.717) is 12.0 Å². The average molecular weight is 476 g/mol. The molecule has 4 rings (SSSR count). The maximum absolute atomic E-state index is 13.5. The number of alkyl halides is 3. The normalized spacial score (nSPS) is 20.9. The van der Waals surface area contributed by atoms with E-state index in [-0.39, 0.29) is 37.3 Å². The van der Waals surface area contributed by atoms with Crippen LogP contribution in [0.25, 0.3) is 0 Å². The number of amides is 1. The molecule has 2 aromatic rings. The minimum atomic E-state index is -4.40. The Morgan fingerprint density at radius 2 is 1.77 bits per heavy atom. The number of carbonyl (C=O) groups is 1. The second-order valence-electron chi connectivity index (χ2n) is 7.64. The number of benzene rings is 2. The molecule has 1 atom stereocenters. The quantitative estimate of drug-likeness (QED) is 0.704. The summed E-state index contributed by atoms with van der Waals surface area (Å²) in [6.45, 7) is 3.20. The molecule has 0 spiro atoms. The molecule has 1 aliphatic carbocycles. The maximum atomic E-state index is 13.5. The summed E-state index contributed by atoms with van der Waals surface area (Å²) in [5, 5.41) is 6.25. The van der Waals surface area contributed by atoms with Gasteiger partial charge in [0, 0.05) is 32.7 Å². The molecule has 1 fully saturated rings. The molecule has 1 amide bonds. The fourth-order valence-electron chi connectivity index (χ4n) is 4.53. The Balaban J connectivity index is 0.00000171. The molecule has 1 saturated heterocycles. The second kappa shape index (κ2) is 10.2. The van der Waals surface area contributed by atoms with E-state index in [4.69, 9.17) is 0 Å². The van der Waals surface area contributed by atoms with Gasteiger partial charge in [0.05, 0.1) is 5.56 Å². The monoisotopic (exact) mass is 475 g/mol. The molecule has 0 aromatic heterocycles. The highest BCUT2D eigenvalue weighted by atomic mass is 35.5. The number of carbonyl (C=O) groups excluding carboxylic acids is 1. The summed E-state index contributed by atoms with van der Waals surface area (Å²) in [5.41, 5.74) is 1.16. The molecule has 0 radical (unpaired) electrons. The van der Waals surface area contributed by atoms with Gasteiger partial charge in [0.15, 0.2) is 0 Å². The highest BCUT2D eigenvalue weighted by Crippen LogP contribution is 2.42. The van der Waals surface area contributed by atoms with Crippen molar-refractivity contribution in [1.29, 1.82) is 0 Å². The smallest absolute Gasteiger partial charge is 0.350 e. The van der Waals surface area contributed by atoms with Gasteiger partial charge in [-0.2, -0.15) is 13.2 Å². The molecule has 2 aliphatic rings. The van der Waals surface area contributed by atoms with Gasteiger partial charge < -0.3 is 10.6 Å². The lowest BCUT2D eigenvalue weighted by Gasteiger charge is -2.43. The van der Waals surface area contributed by atoms with E-state index in [1.807, 2.05) is 18.2 Å². The molecule has 2 N–H and O–H groups in total. The van der Waals surface area contributed by atoms with Crippen LogP contribution < -0.4 is 10.6 Å². The van der Waals surface area contributed by atoms with Crippen molar-refractivity contribution in [3.05, 3.63) is 70.8 Å². The van der Waals surface area contributed by atoms with Crippen LogP contribution in [0.1, 0.15) is 28.7 Å². The van der Waals surface area contributed by atoms with Crippen LogP contribution in [0.2, 0.25) is 0 Å². The van der Waals surface area contributed by atoms with E-state index < -0.39 is 17.3 Å². The topological polar surface area (TPSA) is 44.4 Å². The summed E-state index contributed by atoms with van der Waals surface area (Å²) in [5.74, 6) is -0.137. The van der Waals surface area contributed by atoms with Gasteiger partial charge in [0.2, 0.25) is 5.91 Å². The van der Waals surface area contributed by atoms with Crippen LogP contribution in [0, 0.1) is 0 Å². The van der Waals surface area contributed by atoms with Crippen LogP contribution in [-0.4, -0.2) is 37.0 Å². The SMILES string of the molecule is Cl.Cl.O=C(NCc1cccc(C(F)(F)F)c1)[C@]1(N2CCNCC2)CCc2ccccc21. The highest BCUT2D eigenvalue weighted by Gasteiger charge is 2.49. The predicted molar refractivity (Wildman–Crippen MR) is 119 cm³/mol. The Labute approximate surface area is 192 Å². The van der Waals surface area contributed by atoms with Gasteiger partial charge >= 0.3 is 6.18 Å². The van der Waals surface area contributed by atoms with E-state index in [2.05, 4.69) is 21.6 Å². The lowest BCUT2D eigenvalue weighted by atomic mass is 9.87. The zero-order valence-corrected chi connectivity index (χ0v) is 18.5. The predicted octanol–water partition coefficient (Wildman–Crippen LogP) is 3.91. The van der Waals surface area contributed by atoms with Crippen molar-refractivity contribution in [3.63, 3.8) is 0 Å². The molecule has 31 heavy (non-hydrogen) atoms. The molecule has 0 unspecified atom stereocenters. The number of nitrogens with zero attached hydrogens (tertiary/aromatic N) is 1. The minimum absolute atomic E-state index is 0. The molecule has 170 valence electrons. The maximum Gasteiger partial charge on any atom is 0.416 e. The number of halogens is 5. The van der Waals surface area contributed by atoms with Gasteiger partial charge in [-0.05, 0) is 41.7 Å². The van der Waals surface area contributed by atoms with Crippen LogP contribution in [0.15, 0.2) is 48.5 Å². The van der Waals surface area contributed by atoms with Crippen molar-refractivity contribution in [2.75, 3.05) is 26.2 Å². The van der Waals surface area contributed by atoms with E-state index in [1.165, 1.54) is 11.6 Å². The number of nitrogens with one attached hydrogen (secondary N) is 2. The van der Waals surface area contributed by atoms with Crippen molar-refractivity contribution in [1.82, 2.24) is 15.5 Å². The van der Waals surface area contributed by atoms with Gasteiger partial charge in [-0.25, -0.2) is 0 Å². The van der Waals surface area contributed by atoms with Crippen molar-refractivity contribution < 1.29 is 18.0 Å². The molecule has 1 heterocycles. The first-order valence-electron chi connectivity index (χ1n) is 9.90. The number of aryl methyl sites for hydroxylation is 1. The Morgan fingerprint density at radius 1 is 1.06 bits per heavy atom. The molecular weight excluding hydrogens is 450 g/mol. The minimum Gasteiger partial charge on any atom is -0.350 e. The van der Waals surface area contributed by atoms with E-state index in [0.717, 1.165) is 50.3 Å². The van der Waals surface area contributed by atoms with Crippen LogP contribution in [0.5, 0.6) is 0 Å². The molecule has 4 nitrogen and oxygen atoms in total. The summed E-state index contributed by atoms with van der Waals surface area (Å²) in [6.07, 6.45) is -2.90. The fourth-order valence-corrected chi connectivity index (χ4v) is 4.53. The van der Waals surface area contributed by atoms with Gasteiger partial charge in [-0.15, -0.1) is 24.8 Å². The van der Waals surface area contributed by atoms with Crippen molar-refractivity contribution in [2.45, 2.75) is 31.1 Å². The molecule has 0 saturated carbocycles. The van der Waals surface area contributed by atoms with Crippen molar-refractivity contribution in [2.24, 2.45) is 0 Å². The standard InChI is InChI=1S/C22H24F3N3O.2ClH/c23-22(24,25)18-6-3-4-16(14-18)15-27-20(29)21(28-12-10-26-11-13-28)9-8-17-5-1-2-7-19(17)21;;/h1-7,14,26H,8-13,15H2,(H,27,29);2*1H/t21-;;/m0../s1. The van der Waals surface area contributed by atoms with Crippen LogP contribution in [0.3, 0.4) is 0 Å². The third-order valence-corrected chi connectivity index (χ3v) is 5.96. The Kier molecular flexibility index (Phi) is 8.39. The lowest BCUT2D eigenvalue weighted by Crippen LogP contribution is -2.60. The number of rotatable bonds is 4. The zero-order valence-electron chi connectivity index (χ0n) is 16.9. The molecule has 2 aromatic carbocycles. The van der Waals surface area contributed by atoms with E-state index in [1.54, 1.807) is 6.07 Å².